The van der Waals surface area contributed by atoms with Crippen LogP contribution in [0.2, 0.25) is 0 Å². The van der Waals surface area contributed by atoms with Crippen LogP contribution in [-0.2, 0) is 11.3 Å². The molecular formula is C14H17F4IN2O2. The second kappa shape index (κ2) is 8.78. The van der Waals surface area contributed by atoms with Gasteiger partial charge in [0.05, 0.1) is 0 Å². The maximum Gasteiger partial charge on any atom is 0.490 e. The van der Waals surface area contributed by atoms with Crippen LogP contribution < -0.4 is 5.73 Å². The molecule has 4 nitrogen and oxygen atoms in total. The van der Waals surface area contributed by atoms with Gasteiger partial charge < -0.3 is 10.8 Å². The Morgan fingerprint density at radius 2 is 1.87 bits per heavy atom. The number of carboxylic acid groups (broad SMARTS) is 1. The van der Waals surface area contributed by atoms with Gasteiger partial charge in [-0.1, -0.05) is 12.1 Å². The summed E-state index contributed by atoms with van der Waals surface area (Å²) in [5.74, 6) is -2.76. The number of carbonyl (C=O) groups is 1. The van der Waals surface area contributed by atoms with Gasteiger partial charge in [-0.2, -0.15) is 13.2 Å². The zero-order valence-electron chi connectivity index (χ0n) is 12.1. The van der Waals surface area contributed by atoms with Gasteiger partial charge in [0, 0.05) is 29.2 Å². The summed E-state index contributed by atoms with van der Waals surface area (Å²) in [5.41, 5.74) is 6.89. The summed E-state index contributed by atoms with van der Waals surface area (Å²) in [6.07, 6.45) is -5.21. The van der Waals surface area contributed by atoms with Gasteiger partial charge in [0.15, 0.2) is 0 Å². The maximum absolute atomic E-state index is 13.4. The molecule has 0 aliphatic carbocycles. The van der Waals surface area contributed by atoms with E-state index in [2.05, 4.69) is 51.8 Å². The van der Waals surface area contributed by atoms with E-state index in [0.717, 1.165) is 19.5 Å². The number of nitrogens with two attached hydrogens (primary N) is 1. The standard InChI is InChI=1S/C12H16FIN2.C2HF3O2/c13-11-8-16(6-5-12(11)15)7-9-1-3-10(14)4-2-9;3-2(4,5)1(6)7/h1-4,11-12H,5-8,15H2;(H,6,7)/t11-,12-;/m0./s1. The molecule has 0 spiro atoms. The predicted molar refractivity (Wildman–Crippen MR) is 85.6 cm³/mol. The van der Waals surface area contributed by atoms with E-state index >= 15 is 0 Å². The summed E-state index contributed by atoms with van der Waals surface area (Å²) in [6.45, 7) is 2.19. The van der Waals surface area contributed by atoms with Crippen LogP contribution in [0.1, 0.15) is 12.0 Å². The van der Waals surface area contributed by atoms with Crippen LogP contribution in [0.4, 0.5) is 17.6 Å². The van der Waals surface area contributed by atoms with E-state index in [4.69, 9.17) is 15.6 Å². The van der Waals surface area contributed by atoms with Gasteiger partial charge in [0.25, 0.3) is 0 Å². The van der Waals surface area contributed by atoms with Crippen LogP contribution in [0.25, 0.3) is 0 Å². The van der Waals surface area contributed by atoms with Crippen molar-refractivity contribution in [3.05, 3.63) is 33.4 Å². The van der Waals surface area contributed by atoms with Gasteiger partial charge in [-0.15, -0.1) is 0 Å². The first-order valence-corrected chi connectivity index (χ1v) is 7.84. The SMILES string of the molecule is N[C@H]1CCN(Cc2ccc(I)cc2)C[C@@H]1F.O=C(O)C(F)(F)F. The van der Waals surface area contributed by atoms with Gasteiger partial charge in [-0.25, -0.2) is 9.18 Å². The number of halogens is 5. The molecular weight excluding hydrogens is 431 g/mol. The number of hydrogen-bond acceptors (Lipinski definition) is 3. The Labute approximate surface area is 144 Å². The number of nitrogens with zero attached hydrogens (tertiary/aromatic N) is 1. The third kappa shape index (κ3) is 7.44. The highest BCUT2D eigenvalue weighted by Gasteiger charge is 2.38. The lowest BCUT2D eigenvalue weighted by Gasteiger charge is -2.32. The number of benzene rings is 1. The summed E-state index contributed by atoms with van der Waals surface area (Å²) in [6, 6.07) is 8.09. The minimum Gasteiger partial charge on any atom is -0.475 e. The highest BCUT2D eigenvalue weighted by molar-refractivity contribution is 14.1. The second-order valence-corrected chi connectivity index (χ2v) is 6.38. The van der Waals surface area contributed by atoms with Crippen LogP contribution in [0.15, 0.2) is 24.3 Å². The Morgan fingerprint density at radius 3 is 2.30 bits per heavy atom. The van der Waals surface area contributed by atoms with Crippen molar-refractivity contribution >= 4 is 28.6 Å². The minimum absolute atomic E-state index is 0.270. The molecule has 1 fully saturated rings. The fraction of sp³-hybridized carbons (Fsp3) is 0.500. The van der Waals surface area contributed by atoms with E-state index in [-0.39, 0.29) is 6.04 Å². The molecule has 1 aliphatic rings. The number of aliphatic carboxylic acids is 1. The summed E-state index contributed by atoms with van der Waals surface area (Å²) in [4.78, 5) is 11.0. The van der Waals surface area contributed by atoms with Gasteiger partial charge in [0.1, 0.15) is 6.17 Å². The van der Waals surface area contributed by atoms with Gasteiger partial charge in [-0.3, -0.25) is 4.90 Å². The average molecular weight is 448 g/mol. The van der Waals surface area contributed by atoms with Crippen LogP contribution in [0.5, 0.6) is 0 Å². The number of piperidine rings is 1. The molecule has 23 heavy (non-hydrogen) atoms. The van der Waals surface area contributed by atoms with Gasteiger partial charge in [-0.05, 0) is 46.7 Å². The Morgan fingerprint density at radius 1 is 1.35 bits per heavy atom. The molecule has 0 amide bonds. The third-order valence-corrected chi connectivity index (χ3v) is 3.96. The van der Waals surface area contributed by atoms with Crippen molar-refractivity contribution in [3.63, 3.8) is 0 Å². The highest BCUT2D eigenvalue weighted by atomic mass is 127. The lowest BCUT2D eigenvalue weighted by Crippen LogP contribution is -2.48. The zero-order chi connectivity index (χ0) is 17.6. The summed E-state index contributed by atoms with van der Waals surface area (Å²) in [7, 11) is 0. The quantitative estimate of drug-likeness (QED) is 0.540. The molecule has 0 aromatic heterocycles. The predicted octanol–water partition coefficient (Wildman–Crippen LogP) is 2.80. The summed E-state index contributed by atoms with van der Waals surface area (Å²) >= 11 is 2.28. The first-order chi connectivity index (χ1) is 10.6. The molecule has 0 radical (unpaired) electrons. The third-order valence-electron chi connectivity index (χ3n) is 3.24. The first-order valence-electron chi connectivity index (χ1n) is 6.76. The molecule has 9 heteroatoms. The molecule has 1 saturated heterocycles. The second-order valence-electron chi connectivity index (χ2n) is 5.13. The Kier molecular flexibility index (Phi) is 7.68. The van der Waals surface area contributed by atoms with Crippen molar-refractivity contribution in [1.82, 2.24) is 4.90 Å². The molecule has 3 N–H and O–H groups in total. The van der Waals surface area contributed by atoms with Crippen molar-refractivity contribution < 1.29 is 27.5 Å². The van der Waals surface area contributed by atoms with Crippen molar-refractivity contribution in [2.24, 2.45) is 5.73 Å². The topological polar surface area (TPSA) is 66.6 Å². The fourth-order valence-corrected chi connectivity index (χ4v) is 2.34. The lowest BCUT2D eigenvalue weighted by atomic mass is 10.0. The Balaban J connectivity index is 0.000000322. The molecule has 1 heterocycles. The average Bonchev–Trinajstić information content (AvgIpc) is 2.45. The maximum atomic E-state index is 13.4. The van der Waals surface area contributed by atoms with Gasteiger partial charge in [0.2, 0.25) is 0 Å². The van der Waals surface area contributed by atoms with Gasteiger partial charge >= 0.3 is 12.1 Å². The molecule has 1 aliphatic heterocycles. The van der Waals surface area contributed by atoms with Crippen molar-refractivity contribution in [2.75, 3.05) is 13.1 Å². The van der Waals surface area contributed by atoms with E-state index in [0.29, 0.717) is 6.54 Å². The molecule has 2 atom stereocenters. The van der Waals surface area contributed by atoms with Crippen molar-refractivity contribution in [2.45, 2.75) is 31.4 Å². The summed E-state index contributed by atoms with van der Waals surface area (Å²) in [5, 5.41) is 7.12. The van der Waals surface area contributed by atoms with E-state index < -0.39 is 18.3 Å². The van der Waals surface area contributed by atoms with Crippen LogP contribution in [-0.4, -0.2) is 47.5 Å². The normalized spacial score (nSPS) is 22.2. The Bertz CT molecular complexity index is 510. The minimum atomic E-state index is -5.08. The van der Waals surface area contributed by atoms with Crippen molar-refractivity contribution in [3.8, 4) is 0 Å². The number of rotatable bonds is 2. The molecule has 0 unspecified atom stereocenters. The molecule has 0 saturated carbocycles. The Hall–Kier alpha value is -0.940. The largest absolute Gasteiger partial charge is 0.490 e. The van der Waals surface area contributed by atoms with Crippen LogP contribution in [0.3, 0.4) is 0 Å². The van der Waals surface area contributed by atoms with E-state index in [1.54, 1.807) is 0 Å². The van der Waals surface area contributed by atoms with E-state index in [1.165, 1.54) is 9.13 Å². The number of alkyl halides is 4. The zero-order valence-corrected chi connectivity index (χ0v) is 14.2. The van der Waals surface area contributed by atoms with Crippen LogP contribution >= 0.6 is 22.6 Å². The van der Waals surface area contributed by atoms with E-state index in [9.17, 15) is 17.6 Å². The van der Waals surface area contributed by atoms with Crippen molar-refractivity contribution in [1.29, 1.82) is 0 Å². The highest BCUT2D eigenvalue weighted by Crippen LogP contribution is 2.16. The summed E-state index contributed by atoms with van der Waals surface area (Å²) < 4.78 is 46.4. The number of hydrogen-bond donors (Lipinski definition) is 2. The number of carboxylic acids is 1. The van der Waals surface area contributed by atoms with Crippen LogP contribution in [0, 0.1) is 3.57 Å². The molecule has 1 aromatic carbocycles. The monoisotopic (exact) mass is 448 g/mol. The first kappa shape index (κ1) is 20.1. The molecule has 2 rings (SSSR count). The molecule has 130 valence electrons. The number of likely N-dealkylation sites (tertiary alicyclic amines) is 1. The fourth-order valence-electron chi connectivity index (χ4n) is 1.98. The molecule has 0 bridgehead atoms. The smallest absolute Gasteiger partial charge is 0.475 e. The lowest BCUT2D eigenvalue weighted by molar-refractivity contribution is -0.192. The van der Waals surface area contributed by atoms with E-state index in [1.807, 2.05) is 0 Å². The molecule has 1 aromatic rings.